The lowest BCUT2D eigenvalue weighted by molar-refractivity contribution is -0.123. The third-order valence-electron chi connectivity index (χ3n) is 3.01. The van der Waals surface area contributed by atoms with Crippen molar-refractivity contribution in [3.63, 3.8) is 0 Å². The molecule has 82 valence electrons. The normalized spacial score (nSPS) is 12.8. The molecule has 1 aromatic rings. The molecule has 1 atom stereocenters. The average molecular weight is 204 g/mol. The number of aryl methyl sites for hydroxylation is 1. The van der Waals surface area contributed by atoms with E-state index in [0.29, 0.717) is 18.1 Å². The summed E-state index contributed by atoms with van der Waals surface area (Å²) in [5, 5.41) is 0. The van der Waals surface area contributed by atoms with Gasteiger partial charge in [0.2, 0.25) is 0 Å². The van der Waals surface area contributed by atoms with Gasteiger partial charge in [0.1, 0.15) is 5.78 Å². The predicted molar refractivity (Wildman–Crippen MR) is 63.8 cm³/mol. The van der Waals surface area contributed by atoms with Crippen LogP contribution in [0, 0.1) is 11.8 Å². The molecule has 1 nitrogen and oxygen atoms in total. The van der Waals surface area contributed by atoms with Crippen LogP contribution < -0.4 is 0 Å². The molecular formula is C14H20O. The van der Waals surface area contributed by atoms with Crippen LogP contribution in [0.25, 0.3) is 0 Å². The van der Waals surface area contributed by atoms with E-state index in [-0.39, 0.29) is 5.92 Å². The van der Waals surface area contributed by atoms with Crippen molar-refractivity contribution >= 4 is 5.78 Å². The summed E-state index contributed by atoms with van der Waals surface area (Å²) in [5.74, 6) is 1.02. The molecule has 0 fully saturated rings. The van der Waals surface area contributed by atoms with Crippen molar-refractivity contribution in [1.82, 2.24) is 0 Å². The second-order valence-corrected chi connectivity index (χ2v) is 4.48. The van der Waals surface area contributed by atoms with Crippen molar-refractivity contribution < 1.29 is 4.79 Å². The molecule has 1 aromatic carbocycles. The number of ketones is 1. The molecule has 0 aliphatic heterocycles. The highest BCUT2D eigenvalue weighted by Crippen LogP contribution is 2.14. The van der Waals surface area contributed by atoms with Gasteiger partial charge in [-0.05, 0) is 17.9 Å². The van der Waals surface area contributed by atoms with Gasteiger partial charge in [-0.25, -0.2) is 0 Å². The van der Waals surface area contributed by atoms with Crippen molar-refractivity contribution in [3.05, 3.63) is 35.9 Å². The van der Waals surface area contributed by atoms with E-state index in [9.17, 15) is 4.79 Å². The van der Waals surface area contributed by atoms with Crippen molar-refractivity contribution in [2.24, 2.45) is 11.8 Å². The molecule has 0 radical (unpaired) electrons. The topological polar surface area (TPSA) is 17.1 Å². The Morgan fingerprint density at radius 2 is 1.73 bits per heavy atom. The minimum Gasteiger partial charge on any atom is -0.299 e. The largest absolute Gasteiger partial charge is 0.299 e. The van der Waals surface area contributed by atoms with E-state index in [1.165, 1.54) is 5.56 Å². The Hall–Kier alpha value is -1.11. The molecule has 0 bridgehead atoms. The Morgan fingerprint density at radius 1 is 1.13 bits per heavy atom. The summed E-state index contributed by atoms with van der Waals surface area (Å²) in [5.41, 5.74) is 1.25. The van der Waals surface area contributed by atoms with Gasteiger partial charge >= 0.3 is 0 Å². The lowest BCUT2D eigenvalue weighted by atomic mass is 9.90. The van der Waals surface area contributed by atoms with Gasteiger partial charge < -0.3 is 0 Å². The van der Waals surface area contributed by atoms with Crippen molar-refractivity contribution in [1.29, 1.82) is 0 Å². The van der Waals surface area contributed by atoms with E-state index in [1.807, 2.05) is 25.1 Å². The molecule has 0 spiro atoms. The van der Waals surface area contributed by atoms with Crippen LogP contribution in [-0.2, 0) is 11.2 Å². The molecule has 0 saturated carbocycles. The standard InChI is InChI=1S/C14H20O/c1-11(2)12(3)14(15)10-9-13-7-5-4-6-8-13/h4-8,11-12H,9-10H2,1-3H3. The van der Waals surface area contributed by atoms with E-state index < -0.39 is 0 Å². The molecule has 15 heavy (non-hydrogen) atoms. The molecular weight excluding hydrogens is 184 g/mol. The molecule has 0 aliphatic carbocycles. The van der Waals surface area contributed by atoms with E-state index in [0.717, 1.165) is 6.42 Å². The first-order valence-electron chi connectivity index (χ1n) is 5.68. The molecule has 0 aromatic heterocycles. The predicted octanol–water partition coefficient (Wildman–Crippen LogP) is 3.48. The van der Waals surface area contributed by atoms with Gasteiger partial charge in [-0.1, -0.05) is 51.1 Å². The number of Topliss-reactive ketones (excluding diaryl/α,β-unsaturated/α-hetero) is 1. The number of hydrogen-bond acceptors (Lipinski definition) is 1. The third-order valence-corrected chi connectivity index (χ3v) is 3.01. The number of carbonyl (C=O) groups is 1. The van der Waals surface area contributed by atoms with Crippen LogP contribution in [0.4, 0.5) is 0 Å². The van der Waals surface area contributed by atoms with Gasteiger partial charge in [-0.15, -0.1) is 0 Å². The van der Waals surface area contributed by atoms with Gasteiger partial charge in [-0.2, -0.15) is 0 Å². The summed E-state index contributed by atoms with van der Waals surface area (Å²) in [6.07, 6.45) is 1.54. The van der Waals surface area contributed by atoms with Crippen LogP contribution in [-0.4, -0.2) is 5.78 Å². The maximum Gasteiger partial charge on any atom is 0.136 e. The highest BCUT2D eigenvalue weighted by molar-refractivity contribution is 5.81. The fraction of sp³-hybridized carbons (Fsp3) is 0.500. The van der Waals surface area contributed by atoms with Crippen LogP contribution in [0.2, 0.25) is 0 Å². The fourth-order valence-corrected chi connectivity index (χ4v) is 1.51. The first-order chi connectivity index (χ1) is 7.11. The molecule has 0 saturated heterocycles. The first-order valence-corrected chi connectivity index (χ1v) is 5.68. The van der Waals surface area contributed by atoms with E-state index in [1.54, 1.807) is 0 Å². The molecule has 1 unspecified atom stereocenters. The lowest BCUT2D eigenvalue weighted by Gasteiger charge is -2.13. The Bertz CT molecular complexity index is 300. The third kappa shape index (κ3) is 3.86. The molecule has 1 heteroatoms. The Balaban J connectivity index is 2.41. The van der Waals surface area contributed by atoms with Gasteiger partial charge in [-0.3, -0.25) is 4.79 Å². The fourth-order valence-electron chi connectivity index (χ4n) is 1.51. The molecule has 0 N–H and O–H groups in total. The highest BCUT2D eigenvalue weighted by atomic mass is 16.1. The van der Waals surface area contributed by atoms with E-state index >= 15 is 0 Å². The van der Waals surface area contributed by atoms with Gasteiger partial charge in [0.25, 0.3) is 0 Å². The van der Waals surface area contributed by atoms with Crippen LogP contribution in [0.5, 0.6) is 0 Å². The zero-order valence-electron chi connectivity index (χ0n) is 9.86. The maximum absolute atomic E-state index is 11.8. The number of carbonyl (C=O) groups excluding carboxylic acids is 1. The SMILES string of the molecule is CC(C)C(C)C(=O)CCc1ccccc1. The van der Waals surface area contributed by atoms with Crippen molar-refractivity contribution in [2.75, 3.05) is 0 Å². The first kappa shape index (κ1) is 12.0. The zero-order chi connectivity index (χ0) is 11.3. The summed E-state index contributed by atoms with van der Waals surface area (Å²) < 4.78 is 0. The number of hydrogen-bond donors (Lipinski definition) is 0. The lowest BCUT2D eigenvalue weighted by Crippen LogP contribution is -2.17. The van der Waals surface area contributed by atoms with Crippen LogP contribution in [0.15, 0.2) is 30.3 Å². The summed E-state index contributed by atoms with van der Waals surface area (Å²) >= 11 is 0. The summed E-state index contributed by atoms with van der Waals surface area (Å²) in [6.45, 7) is 6.23. The molecule has 0 heterocycles. The van der Waals surface area contributed by atoms with Crippen LogP contribution in [0.3, 0.4) is 0 Å². The quantitative estimate of drug-likeness (QED) is 0.717. The van der Waals surface area contributed by atoms with Gasteiger partial charge in [0.05, 0.1) is 0 Å². The van der Waals surface area contributed by atoms with Gasteiger partial charge in [0.15, 0.2) is 0 Å². The van der Waals surface area contributed by atoms with Crippen LogP contribution >= 0.6 is 0 Å². The van der Waals surface area contributed by atoms with Crippen molar-refractivity contribution in [3.8, 4) is 0 Å². The monoisotopic (exact) mass is 204 g/mol. The molecule has 0 aliphatic rings. The van der Waals surface area contributed by atoms with Gasteiger partial charge in [0, 0.05) is 12.3 Å². The maximum atomic E-state index is 11.8. The molecule has 0 amide bonds. The number of benzene rings is 1. The second-order valence-electron chi connectivity index (χ2n) is 4.48. The Kier molecular flexibility index (Phi) is 4.54. The average Bonchev–Trinajstić information content (AvgIpc) is 2.26. The smallest absolute Gasteiger partial charge is 0.136 e. The summed E-state index contributed by atoms with van der Waals surface area (Å²) in [6, 6.07) is 10.2. The Morgan fingerprint density at radius 3 is 2.27 bits per heavy atom. The van der Waals surface area contributed by atoms with Crippen LogP contribution in [0.1, 0.15) is 32.8 Å². The summed E-state index contributed by atoms with van der Waals surface area (Å²) in [7, 11) is 0. The van der Waals surface area contributed by atoms with Crippen molar-refractivity contribution in [2.45, 2.75) is 33.6 Å². The zero-order valence-corrected chi connectivity index (χ0v) is 9.86. The highest BCUT2D eigenvalue weighted by Gasteiger charge is 2.15. The second kappa shape index (κ2) is 5.69. The molecule has 1 rings (SSSR count). The Labute approximate surface area is 92.5 Å². The number of rotatable bonds is 5. The minimum atomic E-state index is 0.189. The van der Waals surface area contributed by atoms with E-state index in [4.69, 9.17) is 0 Å². The summed E-state index contributed by atoms with van der Waals surface area (Å²) in [4.78, 5) is 11.8. The minimum absolute atomic E-state index is 0.189. The van der Waals surface area contributed by atoms with E-state index in [2.05, 4.69) is 26.0 Å².